The molecule has 17 heavy (non-hydrogen) atoms. The number of ether oxygens (including phenoxy) is 1. The van der Waals surface area contributed by atoms with Crippen LogP contribution < -0.4 is 5.73 Å². The summed E-state index contributed by atoms with van der Waals surface area (Å²) in [7, 11) is 1.05. The molecule has 1 aromatic rings. The summed E-state index contributed by atoms with van der Waals surface area (Å²) in [5, 5.41) is -0.0851. The Labute approximate surface area is 100 Å². The second-order valence-corrected chi connectivity index (χ2v) is 3.67. The molecular weight excluding hydrogens is 259 g/mol. The first kappa shape index (κ1) is 13.8. The van der Waals surface area contributed by atoms with Gasteiger partial charge in [-0.3, -0.25) is 4.79 Å². The van der Waals surface area contributed by atoms with Crippen molar-refractivity contribution in [3.63, 3.8) is 0 Å². The summed E-state index contributed by atoms with van der Waals surface area (Å²) in [6, 6.07) is 1.52. The minimum atomic E-state index is -4.63. The van der Waals surface area contributed by atoms with Gasteiger partial charge in [0.1, 0.15) is 6.04 Å². The van der Waals surface area contributed by atoms with E-state index in [1.165, 1.54) is 6.07 Å². The van der Waals surface area contributed by atoms with Crippen LogP contribution in [0.2, 0.25) is 5.02 Å². The van der Waals surface area contributed by atoms with Crippen LogP contribution in [0.25, 0.3) is 0 Å². The highest BCUT2D eigenvalue weighted by molar-refractivity contribution is 6.30. The van der Waals surface area contributed by atoms with E-state index in [9.17, 15) is 18.0 Å². The van der Waals surface area contributed by atoms with E-state index in [-0.39, 0.29) is 10.6 Å². The van der Waals surface area contributed by atoms with E-state index in [4.69, 9.17) is 17.3 Å². The summed E-state index contributed by atoms with van der Waals surface area (Å²) in [4.78, 5) is 11.1. The number of methoxy groups -OCH3 is 1. The molecule has 0 saturated carbocycles. The molecule has 0 heterocycles. The molecule has 3 nitrogen and oxygen atoms in total. The van der Waals surface area contributed by atoms with Crippen LogP contribution in [0.1, 0.15) is 17.2 Å². The molecule has 0 aromatic heterocycles. The van der Waals surface area contributed by atoms with Gasteiger partial charge in [0.15, 0.2) is 0 Å². The first-order chi connectivity index (χ1) is 7.77. The third kappa shape index (κ3) is 3.10. The van der Waals surface area contributed by atoms with Gasteiger partial charge in [-0.25, -0.2) is 0 Å². The fourth-order valence-electron chi connectivity index (χ4n) is 1.30. The monoisotopic (exact) mass is 267 g/mol. The number of nitrogens with two attached hydrogens (primary N) is 1. The Balaban J connectivity index is 3.29. The fraction of sp³-hybridized carbons (Fsp3) is 0.300. The molecule has 1 rings (SSSR count). The molecule has 0 saturated heterocycles. The SMILES string of the molecule is COC(=O)[C@@H](N)c1ccc(Cl)cc1C(F)(F)F. The number of hydrogen-bond donors (Lipinski definition) is 1. The van der Waals surface area contributed by atoms with Gasteiger partial charge in [-0.05, 0) is 17.7 Å². The van der Waals surface area contributed by atoms with Crippen LogP contribution in [0.5, 0.6) is 0 Å². The van der Waals surface area contributed by atoms with Gasteiger partial charge in [0.25, 0.3) is 0 Å². The van der Waals surface area contributed by atoms with Gasteiger partial charge in [0.2, 0.25) is 0 Å². The molecule has 0 aliphatic rings. The van der Waals surface area contributed by atoms with Crippen molar-refractivity contribution in [2.24, 2.45) is 5.73 Å². The second-order valence-electron chi connectivity index (χ2n) is 3.23. The van der Waals surface area contributed by atoms with Gasteiger partial charge >= 0.3 is 12.1 Å². The third-order valence-corrected chi connectivity index (χ3v) is 2.35. The Kier molecular flexibility index (Phi) is 4.00. The Bertz CT molecular complexity index is 434. The minimum Gasteiger partial charge on any atom is -0.468 e. The summed E-state index contributed by atoms with van der Waals surface area (Å²) in [5.41, 5.74) is 3.97. The van der Waals surface area contributed by atoms with Crippen molar-refractivity contribution in [1.82, 2.24) is 0 Å². The Morgan fingerprint density at radius 1 is 1.47 bits per heavy atom. The van der Waals surface area contributed by atoms with Crippen LogP contribution in [0.3, 0.4) is 0 Å². The Morgan fingerprint density at radius 3 is 2.53 bits per heavy atom. The van der Waals surface area contributed by atoms with Crippen LogP contribution in [0, 0.1) is 0 Å². The van der Waals surface area contributed by atoms with Crippen molar-refractivity contribution in [2.75, 3.05) is 7.11 Å². The molecule has 0 spiro atoms. The number of alkyl halides is 3. The predicted octanol–water partition coefficient (Wildman–Crippen LogP) is 2.53. The number of hydrogen-bond acceptors (Lipinski definition) is 3. The quantitative estimate of drug-likeness (QED) is 0.838. The minimum absolute atomic E-state index is 0.0851. The fourth-order valence-corrected chi connectivity index (χ4v) is 1.47. The highest BCUT2D eigenvalue weighted by Gasteiger charge is 2.36. The van der Waals surface area contributed by atoms with Crippen LogP contribution in [0.4, 0.5) is 13.2 Å². The van der Waals surface area contributed by atoms with Crippen molar-refractivity contribution in [2.45, 2.75) is 12.2 Å². The number of benzene rings is 1. The topological polar surface area (TPSA) is 52.3 Å². The van der Waals surface area contributed by atoms with E-state index < -0.39 is 23.8 Å². The van der Waals surface area contributed by atoms with Crippen molar-refractivity contribution in [1.29, 1.82) is 0 Å². The molecule has 0 unspecified atom stereocenters. The molecule has 0 aliphatic heterocycles. The Morgan fingerprint density at radius 2 is 2.06 bits per heavy atom. The number of carbonyl (C=O) groups excluding carboxylic acids is 1. The van der Waals surface area contributed by atoms with Gasteiger partial charge < -0.3 is 10.5 Å². The Hall–Kier alpha value is -1.27. The molecular formula is C10H9ClF3NO2. The first-order valence-corrected chi connectivity index (χ1v) is 4.85. The highest BCUT2D eigenvalue weighted by Crippen LogP contribution is 2.35. The van der Waals surface area contributed by atoms with Gasteiger partial charge in [0, 0.05) is 5.02 Å². The van der Waals surface area contributed by atoms with Gasteiger partial charge in [-0.2, -0.15) is 13.2 Å². The zero-order chi connectivity index (χ0) is 13.2. The molecule has 2 N–H and O–H groups in total. The lowest BCUT2D eigenvalue weighted by molar-refractivity contribution is -0.144. The largest absolute Gasteiger partial charge is 0.468 e. The molecule has 0 aliphatic carbocycles. The summed E-state index contributed by atoms with van der Waals surface area (Å²) >= 11 is 5.48. The van der Waals surface area contributed by atoms with E-state index in [1.807, 2.05) is 0 Å². The average Bonchev–Trinajstić information content (AvgIpc) is 2.25. The van der Waals surface area contributed by atoms with Crippen molar-refractivity contribution in [3.05, 3.63) is 34.3 Å². The molecule has 0 fully saturated rings. The zero-order valence-electron chi connectivity index (χ0n) is 8.72. The van der Waals surface area contributed by atoms with E-state index in [1.54, 1.807) is 0 Å². The van der Waals surface area contributed by atoms with Crippen LogP contribution in [-0.4, -0.2) is 13.1 Å². The van der Waals surface area contributed by atoms with Crippen LogP contribution in [0.15, 0.2) is 18.2 Å². The van der Waals surface area contributed by atoms with Crippen molar-refractivity contribution >= 4 is 17.6 Å². The van der Waals surface area contributed by atoms with Crippen molar-refractivity contribution < 1.29 is 22.7 Å². The van der Waals surface area contributed by atoms with E-state index in [2.05, 4.69) is 4.74 Å². The number of halogens is 4. The summed E-state index contributed by atoms with van der Waals surface area (Å²) in [5.74, 6) is -0.946. The van der Waals surface area contributed by atoms with Gasteiger partial charge in [-0.15, -0.1) is 0 Å². The standard InChI is InChI=1S/C10H9ClF3NO2/c1-17-9(16)8(15)6-3-2-5(11)4-7(6)10(12,13)14/h2-4,8H,15H2,1H3/t8-/m0/s1. The highest BCUT2D eigenvalue weighted by atomic mass is 35.5. The molecule has 94 valence electrons. The summed E-state index contributed by atoms with van der Waals surface area (Å²) in [6.45, 7) is 0. The van der Waals surface area contributed by atoms with E-state index in [0.717, 1.165) is 19.2 Å². The number of esters is 1. The third-order valence-electron chi connectivity index (χ3n) is 2.11. The van der Waals surface area contributed by atoms with Crippen LogP contribution >= 0.6 is 11.6 Å². The normalized spacial score (nSPS) is 13.3. The number of carbonyl (C=O) groups is 1. The van der Waals surface area contributed by atoms with Gasteiger partial charge in [0.05, 0.1) is 12.7 Å². The summed E-state index contributed by atoms with van der Waals surface area (Å²) in [6.07, 6.45) is -4.63. The van der Waals surface area contributed by atoms with Gasteiger partial charge in [-0.1, -0.05) is 17.7 Å². The lowest BCUT2D eigenvalue weighted by Crippen LogP contribution is -2.25. The molecule has 0 bridgehead atoms. The van der Waals surface area contributed by atoms with E-state index >= 15 is 0 Å². The molecule has 7 heteroatoms. The number of rotatable bonds is 2. The molecule has 1 atom stereocenters. The molecule has 1 aromatic carbocycles. The summed E-state index contributed by atoms with van der Waals surface area (Å²) < 4.78 is 42.4. The lowest BCUT2D eigenvalue weighted by atomic mass is 10.0. The molecule has 0 amide bonds. The van der Waals surface area contributed by atoms with Crippen molar-refractivity contribution in [3.8, 4) is 0 Å². The first-order valence-electron chi connectivity index (χ1n) is 4.47. The predicted molar refractivity (Wildman–Crippen MR) is 55.4 cm³/mol. The maximum Gasteiger partial charge on any atom is 0.416 e. The maximum absolute atomic E-state index is 12.7. The molecule has 0 radical (unpaired) electrons. The second kappa shape index (κ2) is 4.93. The van der Waals surface area contributed by atoms with E-state index in [0.29, 0.717) is 0 Å². The van der Waals surface area contributed by atoms with Crippen LogP contribution in [-0.2, 0) is 15.7 Å². The average molecular weight is 268 g/mol. The zero-order valence-corrected chi connectivity index (χ0v) is 9.47. The smallest absolute Gasteiger partial charge is 0.416 e. The maximum atomic E-state index is 12.7. The lowest BCUT2D eigenvalue weighted by Gasteiger charge is -2.16.